The Hall–Kier alpha value is -8.87. The minimum Gasteiger partial charge on any atom is -0.481 e. The summed E-state index contributed by atoms with van der Waals surface area (Å²) in [6, 6.07) is -0.401. The molecular weight excluding hydrogens is 1370 g/mol. The molecule has 36 heteroatoms. The highest BCUT2D eigenvalue weighted by molar-refractivity contribution is 6.90. The molecule has 0 unspecified atom stereocenters. The van der Waals surface area contributed by atoms with Crippen molar-refractivity contribution in [3.8, 4) is 0 Å². The number of benzene rings is 1. The average Bonchev–Trinajstić information content (AvgIpc) is 0.748. The molecule has 0 aromatic heterocycles. The van der Waals surface area contributed by atoms with E-state index in [4.69, 9.17) is 5.11 Å². The van der Waals surface area contributed by atoms with Crippen molar-refractivity contribution in [2.24, 2.45) is 11.8 Å². The van der Waals surface area contributed by atoms with E-state index in [0.29, 0.717) is 5.19 Å². The van der Waals surface area contributed by atoms with Gasteiger partial charge >= 0.3 is 53.7 Å². The van der Waals surface area contributed by atoms with Gasteiger partial charge in [-0.3, -0.25) is 86.7 Å². The molecule has 1 aromatic rings. The molecule has 0 aliphatic carbocycles. The minimum absolute atomic E-state index is 0.0109. The quantitative estimate of drug-likeness (QED) is 0.0246. The van der Waals surface area contributed by atoms with Crippen LogP contribution in [0.15, 0.2) is 24.3 Å². The van der Waals surface area contributed by atoms with Crippen LogP contribution in [0.1, 0.15) is 161 Å². The van der Waals surface area contributed by atoms with Crippen molar-refractivity contribution in [3.63, 3.8) is 0 Å². The zero-order valence-electron chi connectivity index (χ0n) is 58.7. The third-order valence-corrected chi connectivity index (χ3v) is 22.7. The maximum absolute atomic E-state index is 17.2. The summed E-state index contributed by atoms with van der Waals surface area (Å²) < 4.78 is 17.2. The number of hydrogen-bond acceptors (Lipinski definition) is 20. The first-order valence-electron chi connectivity index (χ1n) is 33.7. The van der Waals surface area contributed by atoms with Gasteiger partial charge in [0.1, 0.15) is 35.7 Å². The summed E-state index contributed by atoms with van der Waals surface area (Å²) in [7, 11) is -3.81. The second-order valence-electron chi connectivity index (χ2n) is 27.5. The third kappa shape index (κ3) is 33.3. The van der Waals surface area contributed by atoms with E-state index in [1.54, 1.807) is 41.5 Å². The third-order valence-electron chi connectivity index (χ3n) is 17.4. The number of carbonyl (C=O) groups is 16. The molecule has 572 valence electrons. The smallest absolute Gasteiger partial charge is 0.326 e. The Labute approximate surface area is 591 Å². The number of unbranched alkanes of at least 4 members (excludes halogenated alkanes) is 2. The summed E-state index contributed by atoms with van der Waals surface area (Å²) in [5, 5.41) is 98.2. The molecule has 1 aromatic carbocycles. The van der Waals surface area contributed by atoms with Gasteiger partial charge in [0, 0.05) is 122 Å². The number of hydrogen-bond donors (Lipinski definition) is 14. The molecule has 34 nitrogen and oxygen atoms in total. The van der Waals surface area contributed by atoms with Crippen LogP contribution in [0.4, 0.5) is 4.11 Å². The van der Waals surface area contributed by atoms with Crippen molar-refractivity contribution in [1.82, 2.24) is 46.2 Å². The number of rotatable bonds is 46. The minimum atomic E-state index is -3.81. The first kappa shape index (κ1) is 89.2. The maximum atomic E-state index is 17.2. The van der Waals surface area contributed by atoms with Gasteiger partial charge < -0.3 is 76.7 Å². The Morgan fingerprint density at radius 2 is 0.873 bits per heavy atom. The first-order valence-corrected chi connectivity index (χ1v) is 35.6. The molecule has 1 fully saturated rings. The largest absolute Gasteiger partial charge is 0.481 e. The number of nitrogens with zero attached hydrogens (tertiary/aromatic N) is 4. The van der Waals surface area contributed by atoms with Crippen LogP contribution in [0.25, 0.3) is 0 Å². The predicted octanol–water partition coefficient (Wildman–Crippen LogP) is 1.06. The number of carbonyl (C=O) groups excluding carboxylic acids is 7. The highest BCUT2D eigenvalue weighted by atomic mass is 28.4. The van der Waals surface area contributed by atoms with Crippen LogP contribution in [0.2, 0.25) is 10.1 Å². The second kappa shape index (κ2) is 43.8. The lowest BCUT2D eigenvalue weighted by Crippen LogP contribution is -2.58. The van der Waals surface area contributed by atoms with Crippen LogP contribution in [-0.2, 0) is 71.9 Å². The molecule has 0 bridgehead atoms. The van der Waals surface area contributed by atoms with Gasteiger partial charge in [-0.25, -0.2) is 9.59 Å². The van der Waals surface area contributed by atoms with Gasteiger partial charge in [-0.05, 0) is 78.8 Å². The molecule has 0 spiro atoms. The van der Waals surface area contributed by atoms with Crippen molar-refractivity contribution in [3.05, 3.63) is 29.8 Å². The Morgan fingerprint density at radius 1 is 0.431 bits per heavy atom. The van der Waals surface area contributed by atoms with Crippen molar-refractivity contribution < 1.29 is 127 Å². The van der Waals surface area contributed by atoms with E-state index >= 15 is 4.11 Å². The van der Waals surface area contributed by atoms with E-state index in [2.05, 4.69) is 26.6 Å². The summed E-state index contributed by atoms with van der Waals surface area (Å²) in [6.45, 7) is 8.74. The lowest BCUT2D eigenvalue weighted by Gasteiger charge is -2.44. The average molecular weight is 1470 g/mol. The number of carboxylic acids is 9. The summed E-state index contributed by atoms with van der Waals surface area (Å²) in [5.74, 6) is -20.1. The molecule has 0 radical (unpaired) electrons. The maximum Gasteiger partial charge on any atom is 0.326 e. The van der Waals surface area contributed by atoms with E-state index in [1.807, 2.05) is 0 Å². The fourth-order valence-corrected chi connectivity index (χ4v) is 16.6. The van der Waals surface area contributed by atoms with E-state index in [-0.39, 0.29) is 141 Å². The Balaban J connectivity index is 2.13. The molecular formula is C66H102FN9O25Si. The number of amides is 5. The van der Waals surface area contributed by atoms with Crippen LogP contribution in [-0.4, -0.2) is 278 Å². The Kier molecular flexibility index (Phi) is 38.3. The zero-order chi connectivity index (χ0) is 77.2. The topological polar surface area (TPSA) is 528 Å². The number of aliphatic carboxylic acids is 9. The number of ketones is 2. The van der Waals surface area contributed by atoms with Gasteiger partial charge in [-0.15, -0.1) is 0 Å². The monoisotopic (exact) mass is 1470 g/mol. The summed E-state index contributed by atoms with van der Waals surface area (Å²) in [4.78, 5) is 205. The van der Waals surface area contributed by atoms with Crippen molar-refractivity contribution in [2.75, 3.05) is 85.1 Å². The molecule has 102 heavy (non-hydrogen) atoms. The van der Waals surface area contributed by atoms with E-state index in [0.717, 1.165) is 0 Å². The van der Waals surface area contributed by atoms with Crippen LogP contribution >= 0.6 is 0 Å². The normalized spacial score (nSPS) is 15.8. The predicted molar refractivity (Wildman–Crippen MR) is 362 cm³/mol. The molecule has 1 heterocycles. The van der Waals surface area contributed by atoms with Gasteiger partial charge in [-0.1, -0.05) is 60.1 Å². The Bertz CT molecular complexity index is 3040. The lowest BCUT2D eigenvalue weighted by atomic mass is 9.90. The van der Waals surface area contributed by atoms with Crippen LogP contribution in [0, 0.1) is 11.8 Å². The molecule has 1 saturated heterocycles. The van der Waals surface area contributed by atoms with Gasteiger partial charge in [0.05, 0.1) is 31.5 Å². The summed E-state index contributed by atoms with van der Waals surface area (Å²) >= 11 is 0. The van der Waals surface area contributed by atoms with E-state index in [9.17, 15) is 118 Å². The molecule has 14 N–H and O–H groups in total. The van der Waals surface area contributed by atoms with Crippen LogP contribution in [0.3, 0.4) is 0 Å². The van der Waals surface area contributed by atoms with Gasteiger partial charge in [0.25, 0.3) is 14.3 Å². The summed E-state index contributed by atoms with van der Waals surface area (Å²) in [6.07, 6.45) is -4.24. The number of Topliss-reactive ketones (excluding diaryl/α,β-unsaturated/α-hetero) is 2. The Morgan fingerprint density at radius 3 is 1.31 bits per heavy atom. The molecule has 2 rings (SSSR count). The fraction of sp³-hybridized carbons (Fsp3) is 0.667. The highest BCUT2D eigenvalue weighted by Crippen LogP contribution is 2.51. The van der Waals surface area contributed by atoms with Gasteiger partial charge in [-0.2, -0.15) is 0 Å². The molecule has 1 aliphatic rings. The SMILES string of the molecule is CC(C)(C)[Si](F)(c1ccc(C(=O)N[C@H](CNC(=O)CC[C@@H](C(=O)O)N2CCN(CC(=O)O)CCN(CC(=O)O)CCN(CC(=O)O)CC2)C(=O)N[C@H](CCCCNC(=O)CCC(=O)CCCC[C@H](NC(=O)CC[C@H](CC(=O)C[C@@H](CCC(=O)O)C(=O)O)C(=O)O)C(=O)O)C(=O)O)cc1)C(C)(C)C. The van der Waals surface area contributed by atoms with Gasteiger partial charge in [0.2, 0.25) is 23.6 Å². The first-order chi connectivity index (χ1) is 47.5. The molecule has 0 saturated carbocycles. The zero-order valence-corrected chi connectivity index (χ0v) is 59.7. The van der Waals surface area contributed by atoms with Gasteiger partial charge in [0.15, 0.2) is 0 Å². The summed E-state index contributed by atoms with van der Waals surface area (Å²) in [5.41, 5.74) is -0.0282. The van der Waals surface area contributed by atoms with Crippen LogP contribution in [0.5, 0.6) is 0 Å². The fourth-order valence-electron chi connectivity index (χ4n) is 12.0. The molecule has 1 aliphatic heterocycles. The van der Waals surface area contributed by atoms with Crippen molar-refractivity contribution >= 4 is 108 Å². The van der Waals surface area contributed by atoms with Crippen molar-refractivity contribution in [1.29, 1.82) is 0 Å². The molecule has 5 amide bonds. The highest BCUT2D eigenvalue weighted by Gasteiger charge is 2.56. The molecule has 6 atom stereocenters. The second-order valence-corrected chi connectivity index (χ2v) is 32.4. The number of nitrogens with one attached hydrogen (secondary N) is 5. The van der Waals surface area contributed by atoms with E-state index in [1.165, 1.54) is 43.9 Å². The number of halogens is 1. The van der Waals surface area contributed by atoms with Crippen molar-refractivity contribution in [2.45, 2.75) is 185 Å². The lowest BCUT2D eigenvalue weighted by molar-refractivity contribution is -0.147. The van der Waals surface area contributed by atoms with Crippen LogP contribution < -0.4 is 31.8 Å². The standard InChI is InChI=1S/C66H102FN9O25Si/c1-65(2,3)102(67,66(4,5)6)46-19-14-41(15-20-46)58(90)72-49(37-69-52(80)24-21-50(64(100)101)76-33-31-74(39-56(86)87)29-27-73(38-55(84)85)28-30-75(32-34-76)40-57(88)89)59(91)71-48(63(98)99)13-9-10-26-68-51(79)23-18-44(77)11-7-8-12-47(62(96)97)70-53(81)22-16-42(60(92)93)35-45(78)36-43(61(94)95)17-25-54(82)83/h14-15,19-20,42-43,47-50H,7-13,16-18,21-40H2,1-6H3,(H,68,79)(H,69,80)(H,70,81)(H,71,91)(H,72,90)(H,82,83)(H,84,85)(H,86,87)(H,88,89)(H,92,93)(H,94,95)(H,96,97)(H,98,99)(H,100,101)/t42-,43-,47+,48-,49-,50+/m1/s1. The number of carboxylic acid groups (broad SMARTS) is 9. The van der Waals surface area contributed by atoms with E-state index < -0.39 is 208 Å².